The van der Waals surface area contributed by atoms with Crippen molar-refractivity contribution in [3.8, 4) is 0 Å². The molecule has 1 fully saturated rings. The lowest BCUT2D eigenvalue weighted by molar-refractivity contribution is -0.132. The molecule has 0 saturated carbocycles. The molecular formula is C22H21N3O4. The van der Waals surface area contributed by atoms with E-state index in [0.717, 1.165) is 4.90 Å². The van der Waals surface area contributed by atoms with Crippen LogP contribution < -0.4 is 5.32 Å². The minimum absolute atomic E-state index is 0.00828. The number of nitrogens with zero attached hydrogens (tertiary/aromatic N) is 2. The number of nitrogens with one attached hydrogen (secondary N) is 1. The first kappa shape index (κ1) is 18.9. The molecule has 4 amide bonds. The smallest absolute Gasteiger partial charge is 0.262 e. The highest BCUT2D eigenvalue weighted by atomic mass is 16.2. The molecule has 2 heterocycles. The molecule has 1 saturated heterocycles. The van der Waals surface area contributed by atoms with Crippen LogP contribution in [0.1, 0.15) is 43.9 Å². The van der Waals surface area contributed by atoms with E-state index in [9.17, 15) is 19.2 Å². The van der Waals surface area contributed by atoms with Crippen molar-refractivity contribution >= 4 is 23.6 Å². The van der Waals surface area contributed by atoms with Crippen molar-refractivity contribution in [2.24, 2.45) is 0 Å². The van der Waals surface area contributed by atoms with Crippen LogP contribution >= 0.6 is 0 Å². The van der Waals surface area contributed by atoms with E-state index in [4.69, 9.17) is 0 Å². The molecule has 2 aliphatic heterocycles. The number of imide groups is 1. The monoisotopic (exact) mass is 391 g/mol. The van der Waals surface area contributed by atoms with Crippen molar-refractivity contribution in [3.63, 3.8) is 0 Å². The molecule has 0 radical (unpaired) electrons. The first-order chi connectivity index (χ1) is 14.0. The molecule has 29 heavy (non-hydrogen) atoms. The Labute approximate surface area is 168 Å². The van der Waals surface area contributed by atoms with Gasteiger partial charge in [0.05, 0.1) is 11.1 Å². The van der Waals surface area contributed by atoms with E-state index in [1.165, 1.54) is 0 Å². The maximum absolute atomic E-state index is 12.6. The zero-order valence-electron chi connectivity index (χ0n) is 15.8. The predicted octanol–water partition coefficient (Wildman–Crippen LogP) is 1.70. The first-order valence-corrected chi connectivity index (χ1v) is 9.63. The number of likely N-dealkylation sites (tertiary alicyclic amines) is 1. The first-order valence-electron chi connectivity index (χ1n) is 9.63. The Bertz CT molecular complexity index is 930. The van der Waals surface area contributed by atoms with Crippen LogP contribution in [0.5, 0.6) is 0 Å². The van der Waals surface area contributed by atoms with Gasteiger partial charge in [0, 0.05) is 24.7 Å². The molecule has 0 bridgehead atoms. The molecule has 4 rings (SSSR count). The average Bonchev–Trinajstić information content (AvgIpc) is 3.00. The number of amides is 4. The van der Waals surface area contributed by atoms with Gasteiger partial charge in [-0.3, -0.25) is 24.1 Å². The fourth-order valence-electron chi connectivity index (χ4n) is 3.75. The summed E-state index contributed by atoms with van der Waals surface area (Å²) >= 11 is 0. The molecule has 0 atom stereocenters. The Morgan fingerprint density at radius 3 is 2.00 bits per heavy atom. The van der Waals surface area contributed by atoms with Gasteiger partial charge in [-0.05, 0) is 37.1 Å². The Kier molecular flexibility index (Phi) is 5.12. The van der Waals surface area contributed by atoms with Crippen molar-refractivity contribution in [1.82, 2.24) is 15.1 Å². The van der Waals surface area contributed by atoms with Gasteiger partial charge in [-0.1, -0.05) is 30.3 Å². The van der Waals surface area contributed by atoms with Gasteiger partial charge in [-0.2, -0.15) is 0 Å². The lowest BCUT2D eigenvalue weighted by Gasteiger charge is -2.33. The summed E-state index contributed by atoms with van der Waals surface area (Å²) in [5.41, 5.74) is 1.29. The van der Waals surface area contributed by atoms with Gasteiger partial charge in [0.2, 0.25) is 5.91 Å². The molecule has 2 aromatic rings. The van der Waals surface area contributed by atoms with Crippen LogP contribution in [0, 0.1) is 0 Å². The maximum Gasteiger partial charge on any atom is 0.262 e. The summed E-state index contributed by atoms with van der Waals surface area (Å²) in [5, 5.41) is 3.00. The molecule has 148 valence electrons. The van der Waals surface area contributed by atoms with Crippen LogP contribution in [0.25, 0.3) is 0 Å². The highest BCUT2D eigenvalue weighted by Gasteiger charge is 2.37. The van der Waals surface area contributed by atoms with E-state index in [2.05, 4.69) is 5.32 Å². The van der Waals surface area contributed by atoms with Gasteiger partial charge in [0.15, 0.2) is 0 Å². The minimum atomic E-state index is -0.427. The molecule has 0 unspecified atom stereocenters. The Balaban J connectivity index is 1.30. The molecular weight excluding hydrogens is 370 g/mol. The lowest BCUT2D eigenvalue weighted by Crippen LogP contribution is -2.49. The fraction of sp³-hybridized carbons (Fsp3) is 0.273. The van der Waals surface area contributed by atoms with Crippen molar-refractivity contribution in [2.75, 3.05) is 19.6 Å². The van der Waals surface area contributed by atoms with Crippen LogP contribution in [0.4, 0.5) is 0 Å². The zero-order valence-corrected chi connectivity index (χ0v) is 15.8. The number of piperidine rings is 1. The summed E-state index contributed by atoms with van der Waals surface area (Å²) in [7, 11) is 0. The van der Waals surface area contributed by atoms with Gasteiger partial charge >= 0.3 is 0 Å². The van der Waals surface area contributed by atoms with Gasteiger partial charge in [0.25, 0.3) is 17.7 Å². The normalized spacial score (nSPS) is 16.7. The summed E-state index contributed by atoms with van der Waals surface area (Å²) in [4.78, 5) is 52.4. The van der Waals surface area contributed by atoms with Crippen LogP contribution in [-0.2, 0) is 4.79 Å². The predicted molar refractivity (Wildman–Crippen MR) is 105 cm³/mol. The second kappa shape index (κ2) is 7.87. The van der Waals surface area contributed by atoms with E-state index >= 15 is 0 Å². The third kappa shape index (κ3) is 3.76. The zero-order chi connectivity index (χ0) is 20.4. The second-order valence-electron chi connectivity index (χ2n) is 7.24. The summed E-state index contributed by atoms with van der Waals surface area (Å²) in [6.45, 7) is 0.691. The largest absolute Gasteiger partial charge is 0.349 e. The number of hydrogen-bond acceptors (Lipinski definition) is 4. The summed E-state index contributed by atoms with van der Waals surface area (Å²) in [6, 6.07) is 15.6. The van der Waals surface area contributed by atoms with Crippen LogP contribution in [0.3, 0.4) is 0 Å². The molecule has 7 heteroatoms. The van der Waals surface area contributed by atoms with Crippen molar-refractivity contribution in [3.05, 3.63) is 71.3 Å². The number of rotatable bonds is 4. The Hall–Kier alpha value is -3.48. The SMILES string of the molecule is O=C(NC1CCN(C(=O)CN2C(=O)c3ccccc3C2=O)CC1)c1ccccc1. The van der Waals surface area contributed by atoms with Gasteiger partial charge in [-0.15, -0.1) is 0 Å². The van der Waals surface area contributed by atoms with Crippen molar-refractivity contribution in [2.45, 2.75) is 18.9 Å². The lowest BCUT2D eigenvalue weighted by atomic mass is 10.0. The minimum Gasteiger partial charge on any atom is -0.349 e. The maximum atomic E-state index is 12.6. The molecule has 1 N–H and O–H groups in total. The fourth-order valence-corrected chi connectivity index (χ4v) is 3.75. The number of benzene rings is 2. The third-order valence-electron chi connectivity index (χ3n) is 5.39. The average molecular weight is 391 g/mol. The quantitative estimate of drug-likeness (QED) is 0.804. The standard InChI is InChI=1S/C22H21N3O4/c26-19(14-25-21(28)17-8-4-5-9-18(17)22(25)29)24-12-10-16(11-13-24)23-20(27)15-6-2-1-3-7-15/h1-9,16H,10-14H2,(H,23,27). The number of carbonyl (C=O) groups is 4. The van der Waals surface area contributed by atoms with E-state index in [-0.39, 0.29) is 24.4 Å². The molecule has 7 nitrogen and oxygen atoms in total. The van der Waals surface area contributed by atoms with Gasteiger partial charge < -0.3 is 10.2 Å². The second-order valence-corrected chi connectivity index (χ2v) is 7.24. The Morgan fingerprint density at radius 2 is 1.41 bits per heavy atom. The van der Waals surface area contributed by atoms with Crippen LogP contribution in [0.2, 0.25) is 0 Å². The summed E-state index contributed by atoms with van der Waals surface area (Å²) in [6.07, 6.45) is 1.26. The summed E-state index contributed by atoms with van der Waals surface area (Å²) in [5.74, 6) is -1.23. The highest BCUT2D eigenvalue weighted by molar-refractivity contribution is 6.22. The number of hydrogen-bond donors (Lipinski definition) is 1. The van der Waals surface area contributed by atoms with E-state index in [1.807, 2.05) is 18.2 Å². The van der Waals surface area contributed by atoms with E-state index in [1.54, 1.807) is 41.3 Å². The van der Waals surface area contributed by atoms with Crippen molar-refractivity contribution < 1.29 is 19.2 Å². The van der Waals surface area contributed by atoms with E-state index in [0.29, 0.717) is 42.6 Å². The molecule has 0 aliphatic carbocycles. The van der Waals surface area contributed by atoms with Gasteiger partial charge in [0.1, 0.15) is 6.54 Å². The number of fused-ring (bicyclic) bond motifs is 1. The number of carbonyl (C=O) groups excluding carboxylic acids is 4. The highest BCUT2D eigenvalue weighted by Crippen LogP contribution is 2.22. The topological polar surface area (TPSA) is 86.8 Å². The molecule has 2 aliphatic rings. The van der Waals surface area contributed by atoms with Crippen LogP contribution in [-0.4, -0.2) is 59.1 Å². The van der Waals surface area contributed by atoms with Gasteiger partial charge in [-0.25, -0.2) is 0 Å². The summed E-state index contributed by atoms with van der Waals surface area (Å²) < 4.78 is 0. The molecule has 0 aromatic heterocycles. The Morgan fingerprint density at radius 1 is 0.862 bits per heavy atom. The van der Waals surface area contributed by atoms with E-state index < -0.39 is 11.8 Å². The van der Waals surface area contributed by atoms with Crippen LogP contribution in [0.15, 0.2) is 54.6 Å². The van der Waals surface area contributed by atoms with Crippen molar-refractivity contribution in [1.29, 1.82) is 0 Å². The molecule has 0 spiro atoms. The third-order valence-corrected chi connectivity index (χ3v) is 5.39. The molecule has 2 aromatic carbocycles.